The van der Waals surface area contributed by atoms with Gasteiger partial charge in [0.1, 0.15) is 24.2 Å². The molecule has 1 amide bonds. The number of hydrogen-bond acceptors (Lipinski definition) is 4. The first-order valence-electron chi connectivity index (χ1n) is 9.89. The largest absolute Gasteiger partial charge is 0.489 e. The summed E-state index contributed by atoms with van der Waals surface area (Å²) in [5.74, 6) is 1.58. The predicted molar refractivity (Wildman–Crippen MR) is 112 cm³/mol. The van der Waals surface area contributed by atoms with Crippen LogP contribution < -0.4 is 10.1 Å². The molecule has 4 rings (SSSR count). The van der Waals surface area contributed by atoms with Gasteiger partial charge in [-0.05, 0) is 30.7 Å². The molecule has 1 atom stereocenters. The van der Waals surface area contributed by atoms with Crippen LogP contribution in [0.1, 0.15) is 33.4 Å². The maximum atomic E-state index is 13.3. The van der Waals surface area contributed by atoms with Crippen molar-refractivity contribution in [3.63, 3.8) is 0 Å². The molecule has 2 aromatic carbocycles. The zero-order valence-electron chi connectivity index (χ0n) is 16.8. The third-order valence-electron chi connectivity index (χ3n) is 5.23. The van der Waals surface area contributed by atoms with Crippen LogP contribution in [0.3, 0.4) is 0 Å². The van der Waals surface area contributed by atoms with E-state index in [9.17, 15) is 4.79 Å². The third kappa shape index (κ3) is 4.32. The van der Waals surface area contributed by atoms with Gasteiger partial charge in [-0.3, -0.25) is 4.79 Å². The van der Waals surface area contributed by atoms with E-state index in [1.165, 1.54) is 5.56 Å². The maximum absolute atomic E-state index is 13.3. The number of ether oxygens (including phenoxy) is 1. The summed E-state index contributed by atoms with van der Waals surface area (Å²) < 4.78 is 7.92. The Morgan fingerprint density at radius 3 is 2.90 bits per heavy atom. The number of amides is 1. The van der Waals surface area contributed by atoms with Gasteiger partial charge in [-0.15, -0.1) is 0 Å². The van der Waals surface area contributed by atoms with Crippen molar-refractivity contribution in [2.75, 3.05) is 19.6 Å². The van der Waals surface area contributed by atoms with Crippen molar-refractivity contribution in [3.05, 3.63) is 83.4 Å². The van der Waals surface area contributed by atoms with Crippen LogP contribution in [0.4, 0.5) is 0 Å². The molecule has 1 fully saturated rings. The molecule has 3 aromatic rings. The summed E-state index contributed by atoms with van der Waals surface area (Å²) in [6.07, 6.45) is 3.68. The van der Waals surface area contributed by atoms with E-state index >= 15 is 0 Å². The number of benzene rings is 2. The van der Waals surface area contributed by atoms with E-state index in [0.29, 0.717) is 31.0 Å². The summed E-state index contributed by atoms with van der Waals surface area (Å²) in [7, 11) is 1.96. The van der Waals surface area contributed by atoms with Crippen LogP contribution in [0.2, 0.25) is 0 Å². The van der Waals surface area contributed by atoms with Crippen LogP contribution in [0, 0.1) is 6.92 Å². The summed E-state index contributed by atoms with van der Waals surface area (Å²) in [6, 6.07) is 15.6. The maximum Gasteiger partial charge on any atom is 0.254 e. The van der Waals surface area contributed by atoms with Crippen LogP contribution in [0.5, 0.6) is 5.75 Å². The lowest BCUT2D eigenvalue weighted by atomic mass is 10.1. The van der Waals surface area contributed by atoms with Crippen LogP contribution in [-0.4, -0.2) is 40.0 Å². The van der Waals surface area contributed by atoms with E-state index in [1.54, 1.807) is 6.20 Å². The SMILES string of the molecule is Cc1cccc(COc2cccc(C(=O)N3CCNCC3c3nccn3C)c2)c1. The topological polar surface area (TPSA) is 59.4 Å². The molecule has 1 N–H and O–H groups in total. The van der Waals surface area contributed by atoms with Crippen molar-refractivity contribution < 1.29 is 9.53 Å². The second-order valence-electron chi connectivity index (χ2n) is 7.42. The van der Waals surface area contributed by atoms with Crippen LogP contribution in [-0.2, 0) is 13.7 Å². The monoisotopic (exact) mass is 390 g/mol. The number of hydrogen-bond donors (Lipinski definition) is 1. The molecule has 1 unspecified atom stereocenters. The molecule has 150 valence electrons. The molecule has 6 nitrogen and oxygen atoms in total. The van der Waals surface area contributed by atoms with Crippen molar-refractivity contribution in [1.82, 2.24) is 19.8 Å². The Labute approximate surface area is 171 Å². The van der Waals surface area contributed by atoms with E-state index in [4.69, 9.17) is 4.74 Å². The fourth-order valence-corrected chi connectivity index (χ4v) is 3.73. The average Bonchev–Trinajstić information content (AvgIpc) is 3.18. The van der Waals surface area contributed by atoms with Crippen molar-refractivity contribution in [3.8, 4) is 5.75 Å². The van der Waals surface area contributed by atoms with E-state index < -0.39 is 0 Å². The van der Waals surface area contributed by atoms with Gasteiger partial charge in [-0.25, -0.2) is 4.98 Å². The van der Waals surface area contributed by atoms with E-state index in [-0.39, 0.29) is 11.9 Å². The van der Waals surface area contributed by atoms with Gasteiger partial charge in [0.15, 0.2) is 0 Å². The number of nitrogens with zero attached hydrogens (tertiary/aromatic N) is 3. The molecule has 0 saturated carbocycles. The van der Waals surface area contributed by atoms with Crippen LogP contribution >= 0.6 is 0 Å². The highest BCUT2D eigenvalue weighted by molar-refractivity contribution is 5.95. The second kappa shape index (κ2) is 8.49. The van der Waals surface area contributed by atoms with Crippen molar-refractivity contribution >= 4 is 5.91 Å². The minimum Gasteiger partial charge on any atom is -0.489 e. The first-order chi connectivity index (χ1) is 14.1. The molecule has 1 aliphatic heterocycles. The van der Waals surface area contributed by atoms with Gasteiger partial charge in [0.05, 0.1) is 0 Å². The summed E-state index contributed by atoms with van der Waals surface area (Å²) in [6.45, 7) is 4.65. The van der Waals surface area contributed by atoms with Crippen LogP contribution in [0.15, 0.2) is 60.9 Å². The highest BCUT2D eigenvalue weighted by Gasteiger charge is 2.31. The van der Waals surface area contributed by atoms with E-state index in [0.717, 1.165) is 17.9 Å². The fourth-order valence-electron chi connectivity index (χ4n) is 3.73. The molecule has 29 heavy (non-hydrogen) atoms. The summed E-state index contributed by atoms with van der Waals surface area (Å²) in [5, 5.41) is 3.37. The molecule has 1 saturated heterocycles. The molecule has 1 aliphatic rings. The third-order valence-corrected chi connectivity index (χ3v) is 5.23. The first kappa shape index (κ1) is 19.2. The number of aryl methyl sites for hydroxylation is 2. The first-order valence-corrected chi connectivity index (χ1v) is 9.89. The molecule has 0 radical (unpaired) electrons. The molecule has 2 heterocycles. The Morgan fingerprint density at radius 2 is 2.10 bits per heavy atom. The molecule has 0 bridgehead atoms. The number of carbonyl (C=O) groups is 1. The highest BCUT2D eigenvalue weighted by Crippen LogP contribution is 2.24. The van der Waals surface area contributed by atoms with Gasteiger partial charge < -0.3 is 19.5 Å². The number of rotatable bonds is 5. The van der Waals surface area contributed by atoms with Gasteiger partial charge in [-0.2, -0.15) is 0 Å². The standard InChI is InChI=1S/C23H26N4O2/c1-17-5-3-6-18(13-17)16-29-20-8-4-7-19(14-20)23(28)27-12-9-24-15-21(27)22-25-10-11-26(22)2/h3-8,10-11,13-14,21,24H,9,12,15-16H2,1-2H3. The second-order valence-corrected chi connectivity index (χ2v) is 7.42. The minimum atomic E-state index is -0.0897. The number of aromatic nitrogens is 2. The highest BCUT2D eigenvalue weighted by atomic mass is 16.5. The molecule has 0 spiro atoms. The molecular formula is C23H26N4O2. The smallest absolute Gasteiger partial charge is 0.254 e. The molecular weight excluding hydrogens is 364 g/mol. The van der Waals surface area contributed by atoms with Crippen molar-refractivity contribution in [2.45, 2.75) is 19.6 Å². The minimum absolute atomic E-state index is 0.000468. The van der Waals surface area contributed by atoms with E-state index in [2.05, 4.69) is 29.4 Å². The lowest BCUT2D eigenvalue weighted by Crippen LogP contribution is -2.49. The lowest BCUT2D eigenvalue weighted by Gasteiger charge is -2.35. The van der Waals surface area contributed by atoms with Crippen molar-refractivity contribution in [1.29, 1.82) is 0 Å². The molecule has 0 aliphatic carbocycles. The summed E-state index contributed by atoms with van der Waals surface area (Å²) >= 11 is 0. The zero-order valence-corrected chi connectivity index (χ0v) is 16.8. The van der Waals surface area contributed by atoms with Gasteiger partial charge in [0.2, 0.25) is 0 Å². The molecule has 1 aromatic heterocycles. The van der Waals surface area contributed by atoms with Gasteiger partial charge in [0.25, 0.3) is 5.91 Å². The quantitative estimate of drug-likeness (QED) is 0.727. The number of imidazole rings is 1. The van der Waals surface area contributed by atoms with Gasteiger partial charge in [0, 0.05) is 44.6 Å². The Bertz CT molecular complexity index is 998. The lowest BCUT2D eigenvalue weighted by molar-refractivity contribution is 0.0620. The number of piperazine rings is 1. The Morgan fingerprint density at radius 1 is 1.24 bits per heavy atom. The van der Waals surface area contributed by atoms with Crippen LogP contribution in [0.25, 0.3) is 0 Å². The normalized spacial score (nSPS) is 16.6. The van der Waals surface area contributed by atoms with Gasteiger partial charge >= 0.3 is 0 Å². The zero-order chi connectivity index (χ0) is 20.2. The Kier molecular flexibility index (Phi) is 5.62. The summed E-state index contributed by atoms with van der Waals surface area (Å²) in [5.41, 5.74) is 2.94. The fraction of sp³-hybridized carbons (Fsp3) is 0.304. The van der Waals surface area contributed by atoms with E-state index in [1.807, 2.05) is 59.1 Å². The summed E-state index contributed by atoms with van der Waals surface area (Å²) in [4.78, 5) is 19.7. The Hall–Kier alpha value is -3.12. The molecule has 6 heteroatoms. The average molecular weight is 390 g/mol. The van der Waals surface area contributed by atoms with Gasteiger partial charge in [-0.1, -0.05) is 35.9 Å². The number of carbonyl (C=O) groups excluding carboxylic acids is 1. The Balaban J connectivity index is 1.50. The number of nitrogens with one attached hydrogen (secondary N) is 1. The van der Waals surface area contributed by atoms with Crippen molar-refractivity contribution in [2.24, 2.45) is 7.05 Å². The predicted octanol–water partition coefficient (Wildman–Crippen LogP) is 3.09.